The Hall–Kier alpha value is -1.84. The van der Waals surface area contributed by atoms with Crippen LogP contribution in [0, 0.1) is 0 Å². The topological polar surface area (TPSA) is 49.3 Å². The van der Waals surface area contributed by atoms with Crippen molar-refractivity contribution in [2.75, 3.05) is 6.61 Å². The fraction of sp³-hybridized carbons (Fsp3) is 0.316. The van der Waals surface area contributed by atoms with Crippen LogP contribution < -0.4 is 5.32 Å². The highest BCUT2D eigenvalue weighted by molar-refractivity contribution is 6.30. The molecule has 2 aromatic rings. The summed E-state index contributed by atoms with van der Waals surface area (Å²) in [6, 6.07) is 17.5. The normalized spacial score (nSPS) is 12.7. The van der Waals surface area contributed by atoms with E-state index in [0.29, 0.717) is 11.4 Å². The van der Waals surface area contributed by atoms with Gasteiger partial charge in [-0.3, -0.25) is 4.79 Å². The van der Waals surface area contributed by atoms with Gasteiger partial charge in [0.15, 0.2) is 0 Å². The summed E-state index contributed by atoms with van der Waals surface area (Å²) in [5.41, 5.74) is 1.43. The van der Waals surface area contributed by atoms with Crippen molar-refractivity contribution in [3.63, 3.8) is 0 Å². The number of aliphatic hydroxyl groups excluding tert-OH is 1. The summed E-state index contributed by atoms with van der Waals surface area (Å²) in [6.45, 7) is 3.48. The zero-order chi connectivity index (χ0) is 16.9. The minimum absolute atomic E-state index is 0.0793. The molecule has 0 spiro atoms. The maximum atomic E-state index is 12.4. The molecule has 23 heavy (non-hydrogen) atoms. The van der Waals surface area contributed by atoms with Crippen LogP contribution >= 0.6 is 11.6 Å². The quantitative estimate of drug-likeness (QED) is 0.847. The van der Waals surface area contributed by atoms with Gasteiger partial charge in [-0.1, -0.05) is 54.1 Å². The molecule has 0 saturated heterocycles. The van der Waals surface area contributed by atoms with Gasteiger partial charge in [0.1, 0.15) is 0 Å². The number of hydrogen-bond acceptors (Lipinski definition) is 2. The van der Waals surface area contributed by atoms with Gasteiger partial charge >= 0.3 is 0 Å². The Bertz CT molecular complexity index is 655. The van der Waals surface area contributed by atoms with E-state index in [-0.39, 0.29) is 18.4 Å². The number of rotatable bonds is 6. The van der Waals surface area contributed by atoms with Gasteiger partial charge in [0, 0.05) is 17.4 Å². The van der Waals surface area contributed by atoms with Crippen LogP contribution in [0.3, 0.4) is 0 Å². The van der Waals surface area contributed by atoms with Crippen molar-refractivity contribution in [1.82, 2.24) is 5.32 Å². The third-order valence-electron chi connectivity index (χ3n) is 3.72. The van der Waals surface area contributed by atoms with Crippen molar-refractivity contribution in [3.05, 3.63) is 70.7 Å². The Morgan fingerprint density at radius 3 is 2.39 bits per heavy atom. The zero-order valence-corrected chi connectivity index (χ0v) is 14.2. The summed E-state index contributed by atoms with van der Waals surface area (Å²) in [5.74, 6) is -0.178. The van der Waals surface area contributed by atoms with E-state index in [2.05, 4.69) is 5.32 Å². The van der Waals surface area contributed by atoms with E-state index < -0.39 is 5.54 Å². The second kappa shape index (κ2) is 7.62. The fourth-order valence-corrected chi connectivity index (χ4v) is 2.69. The molecule has 0 unspecified atom stereocenters. The third-order valence-corrected chi connectivity index (χ3v) is 3.95. The van der Waals surface area contributed by atoms with Gasteiger partial charge in [0.2, 0.25) is 5.91 Å². The Labute approximate surface area is 142 Å². The average Bonchev–Trinajstić information content (AvgIpc) is 2.53. The molecular formula is C19H22ClNO2. The first-order valence-electron chi connectivity index (χ1n) is 7.63. The Balaban J connectivity index is 2.26. The molecule has 122 valence electrons. The maximum absolute atomic E-state index is 12.4. The van der Waals surface area contributed by atoms with Crippen LogP contribution in [0.25, 0.3) is 0 Å². The largest absolute Gasteiger partial charge is 0.394 e. The van der Waals surface area contributed by atoms with Crippen molar-refractivity contribution in [2.45, 2.75) is 31.7 Å². The van der Waals surface area contributed by atoms with Crippen LogP contribution in [0.1, 0.15) is 37.3 Å². The highest BCUT2D eigenvalue weighted by Gasteiger charge is 2.23. The van der Waals surface area contributed by atoms with Crippen LogP contribution in [0.4, 0.5) is 0 Å². The molecule has 0 aliphatic rings. The molecule has 3 nitrogen and oxygen atoms in total. The standard InChI is InChI=1S/C19H22ClNO2/c1-19(2,13-22)21-18(23)12-17(14-7-4-3-5-8-14)15-9-6-10-16(20)11-15/h3-11,17,22H,12-13H2,1-2H3,(H,21,23)/t17-/m1/s1. The summed E-state index contributed by atoms with van der Waals surface area (Å²) in [6.07, 6.45) is 0.299. The van der Waals surface area contributed by atoms with E-state index in [9.17, 15) is 9.90 Å². The molecule has 0 saturated carbocycles. The van der Waals surface area contributed by atoms with E-state index in [1.807, 2.05) is 54.6 Å². The summed E-state index contributed by atoms with van der Waals surface area (Å²) < 4.78 is 0. The number of nitrogens with one attached hydrogen (secondary N) is 1. The van der Waals surface area contributed by atoms with Crippen LogP contribution in [-0.2, 0) is 4.79 Å². The highest BCUT2D eigenvalue weighted by atomic mass is 35.5. The molecular weight excluding hydrogens is 310 g/mol. The fourth-order valence-electron chi connectivity index (χ4n) is 2.49. The molecule has 0 radical (unpaired) electrons. The predicted octanol–water partition coefficient (Wildman–Crippen LogP) is 3.75. The molecule has 0 aliphatic carbocycles. The Morgan fingerprint density at radius 1 is 1.13 bits per heavy atom. The minimum Gasteiger partial charge on any atom is -0.394 e. The van der Waals surface area contributed by atoms with Crippen LogP contribution in [0.15, 0.2) is 54.6 Å². The van der Waals surface area contributed by atoms with E-state index in [4.69, 9.17) is 11.6 Å². The Kier molecular flexibility index (Phi) is 5.80. The molecule has 2 aromatic carbocycles. The number of amides is 1. The molecule has 0 aromatic heterocycles. The SMILES string of the molecule is CC(C)(CO)NC(=O)C[C@H](c1ccccc1)c1cccc(Cl)c1. The summed E-state index contributed by atoms with van der Waals surface area (Å²) in [5, 5.41) is 12.8. The van der Waals surface area contributed by atoms with Crippen LogP contribution in [0.2, 0.25) is 5.02 Å². The van der Waals surface area contributed by atoms with Gasteiger partial charge in [-0.15, -0.1) is 0 Å². The lowest BCUT2D eigenvalue weighted by Crippen LogP contribution is -2.46. The molecule has 0 bridgehead atoms. The number of carbonyl (C=O) groups excluding carboxylic acids is 1. The summed E-state index contributed by atoms with van der Waals surface area (Å²) >= 11 is 6.11. The number of carbonyl (C=O) groups is 1. The highest BCUT2D eigenvalue weighted by Crippen LogP contribution is 2.29. The van der Waals surface area contributed by atoms with Crippen molar-refractivity contribution in [3.8, 4) is 0 Å². The molecule has 2 N–H and O–H groups in total. The van der Waals surface area contributed by atoms with Crippen molar-refractivity contribution >= 4 is 17.5 Å². The van der Waals surface area contributed by atoms with Crippen LogP contribution in [-0.4, -0.2) is 23.2 Å². The average molecular weight is 332 g/mol. The van der Waals surface area contributed by atoms with E-state index >= 15 is 0 Å². The van der Waals surface area contributed by atoms with Crippen LogP contribution in [0.5, 0.6) is 0 Å². The number of aliphatic hydroxyl groups is 1. The first-order chi connectivity index (χ1) is 10.9. The van der Waals surface area contributed by atoms with Crippen molar-refractivity contribution in [2.24, 2.45) is 0 Å². The monoisotopic (exact) mass is 331 g/mol. The lowest BCUT2D eigenvalue weighted by Gasteiger charge is -2.25. The second-order valence-electron chi connectivity index (χ2n) is 6.31. The number of halogens is 1. The van der Waals surface area contributed by atoms with E-state index in [1.165, 1.54) is 0 Å². The lowest BCUT2D eigenvalue weighted by molar-refractivity contribution is -0.123. The first kappa shape index (κ1) is 17.5. The van der Waals surface area contributed by atoms with Gasteiger partial charge in [-0.05, 0) is 37.1 Å². The zero-order valence-electron chi connectivity index (χ0n) is 13.4. The van der Waals surface area contributed by atoms with Gasteiger partial charge in [0.05, 0.1) is 12.1 Å². The smallest absolute Gasteiger partial charge is 0.221 e. The second-order valence-corrected chi connectivity index (χ2v) is 6.75. The molecule has 0 fully saturated rings. The number of benzene rings is 2. The van der Waals surface area contributed by atoms with Gasteiger partial charge in [-0.25, -0.2) is 0 Å². The molecule has 1 atom stereocenters. The van der Waals surface area contributed by atoms with Gasteiger partial charge < -0.3 is 10.4 Å². The maximum Gasteiger partial charge on any atom is 0.221 e. The third kappa shape index (κ3) is 5.08. The summed E-state index contributed by atoms with van der Waals surface area (Å²) in [4.78, 5) is 12.4. The van der Waals surface area contributed by atoms with Crippen molar-refractivity contribution in [1.29, 1.82) is 0 Å². The van der Waals surface area contributed by atoms with E-state index in [1.54, 1.807) is 13.8 Å². The van der Waals surface area contributed by atoms with Gasteiger partial charge in [0.25, 0.3) is 0 Å². The molecule has 0 aliphatic heterocycles. The number of hydrogen-bond donors (Lipinski definition) is 2. The summed E-state index contributed by atoms with van der Waals surface area (Å²) in [7, 11) is 0. The predicted molar refractivity (Wildman–Crippen MR) is 93.7 cm³/mol. The molecule has 1 amide bonds. The van der Waals surface area contributed by atoms with Crippen molar-refractivity contribution < 1.29 is 9.90 Å². The van der Waals surface area contributed by atoms with Gasteiger partial charge in [-0.2, -0.15) is 0 Å². The lowest BCUT2D eigenvalue weighted by atomic mass is 9.88. The molecule has 0 heterocycles. The van der Waals surface area contributed by atoms with E-state index in [0.717, 1.165) is 11.1 Å². The molecule has 2 rings (SSSR count). The first-order valence-corrected chi connectivity index (χ1v) is 8.01. The Morgan fingerprint density at radius 2 is 1.78 bits per heavy atom. The molecule has 4 heteroatoms. The minimum atomic E-state index is -0.632.